The van der Waals surface area contributed by atoms with E-state index in [4.69, 9.17) is 9.47 Å². The first-order valence-corrected chi connectivity index (χ1v) is 6.16. The molecule has 0 aliphatic heterocycles. The molecular weight excluding hydrogens is 218 g/mol. The van der Waals surface area contributed by atoms with Crippen molar-refractivity contribution in [2.45, 2.75) is 59.2 Å². The maximum atomic E-state index is 12.0. The third kappa shape index (κ3) is 6.64. The highest BCUT2D eigenvalue weighted by molar-refractivity contribution is 5.75. The van der Waals surface area contributed by atoms with Crippen LogP contribution in [-0.4, -0.2) is 48.8 Å². The number of rotatable bonds is 6. The highest BCUT2D eigenvalue weighted by atomic mass is 16.6. The molecule has 0 saturated heterocycles. The molecular formula is C13H27NO3. The van der Waals surface area contributed by atoms with Crippen molar-refractivity contribution in [3.05, 3.63) is 0 Å². The van der Waals surface area contributed by atoms with Crippen LogP contribution in [0, 0.1) is 0 Å². The van der Waals surface area contributed by atoms with E-state index >= 15 is 0 Å². The van der Waals surface area contributed by atoms with Crippen molar-refractivity contribution < 1.29 is 14.3 Å². The molecule has 102 valence electrons. The molecule has 0 aliphatic carbocycles. The van der Waals surface area contributed by atoms with Gasteiger partial charge in [0.05, 0.1) is 6.61 Å². The van der Waals surface area contributed by atoms with Crippen molar-refractivity contribution in [3.63, 3.8) is 0 Å². The van der Waals surface area contributed by atoms with Gasteiger partial charge in [-0.25, -0.2) is 0 Å². The van der Waals surface area contributed by atoms with E-state index in [2.05, 4.69) is 18.7 Å². The van der Waals surface area contributed by atoms with Crippen molar-refractivity contribution in [2.75, 3.05) is 20.3 Å². The number of carbonyl (C=O) groups is 1. The van der Waals surface area contributed by atoms with Gasteiger partial charge in [0.25, 0.3) is 0 Å². The summed E-state index contributed by atoms with van der Waals surface area (Å²) in [4.78, 5) is 14.0. The van der Waals surface area contributed by atoms with Gasteiger partial charge in [0.1, 0.15) is 11.6 Å². The van der Waals surface area contributed by atoms with Gasteiger partial charge >= 0.3 is 5.97 Å². The molecule has 1 atom stereocenters. The second-order valence-electron chi connectivity index (χ2n) is 5.53. The summed E-state index contributed by atoms with van der Waals surface area (Å²) in [5.41, 5.74) is -0.435. The van der Waals surface area contributed by atoms with E-state index in [0.717, 1.165) is 6.54 Å². The third-order valence-corrected chi connectivity index (χ3v) is 2.46. The summed E-state index contributed by atoms with van der Waals surface area (Å²) in [5.74, 6) is -0.178. The molecule has 0 aromatic rings. The Hall–Kier alpha value is -0.610. The van der Waals surface area contributed by atoms with E-state index in [1.807, 2.05) is 27.7 Å². The molecule has 0 fully saturated rings. The third-order valence-electron chi connectivity index (χ3n) is 2.46. The SMILES string of the molecule is COCCN(C(C)C)C(C)C(=O)OC(C)(C)C. The summed E-state index contributed by atoms with van der Waals surface area (Å²) in [6, 6.07) is 0.0389. The minimum absolute atomic E-state index is 0.178. The average molecular weight is 245 g/mol. The number of esters is 1. The quantitative estimate of drug-likeness (QED) is 0.672. The van der Waals surface area contributed by atoms with E-state index in [9.17, 15) is 4.79 Å². The minimum atomic E-state index is -0.435. The second-order valence-corrected chi connectivity index (χ2v) is 5.53. The number of hydrogen-bond acceptors (Lipinski definition) is 4. The van der Waals surface area contributed by atoms with E-state index in [1.165, 1.54) is 0 Å². The molecule has 17 heavy (non-hydrogen) atoms. The molecule has 4 nitrogen and oxygen atoms in total. The summed E-state index contributed by atoms with van der Waals surface area (Å²) in [7, 11) is 1.66. The Bertz CT molecular complexity index is 233. The molecule has 1 unspecified atom stereocenters. The highest BCUT2D eigenvalue weighted by Crippen LogP contribution is 2.13. The number of carbonyl (C=O) groups excluding carboxylic acids is 1. The van der Waals surface area contributed by atoms with Gasteiger partial charge in [-0.15, -0.1) is 0 Å². The number of hydrogen-bond donors (Lipinski definition) is 0. The van der Waals surface area contributed by atoms with Gasteiger partial charge in [0.15, 0.2) is 0 Å². The van der Waals surface area contributed by atoms with Gasteiger partial charge in [-0.1, -0.05) is 0 Å². The van der Waals surface area contributed by atoms with Crippen LogP contribution in [0.2, 0.25) is 0 Å². The summed E-state index contributed by atoms with van der Waals surface area (Å²) >= 11 is 0. The maximum Gasteiger partial charge on any atom is 0.323 e. The van der Waals surface area contributed by atoms with Crippen LogP contribution in [0.25, 0.3) is 0 Å². The molecule has 0 spiro atoms. The van der Waals surface area contributed by atoms with Crippen LogP contribution in [0.3, 0.4) is 0 Å². The predicted octanol–water partition coefficient (Wildman–Crippen LogP) is 2.07. The van der Waals surface area contributed by atoms with Crippen LogP contribution in [0.1, 0.15) is 41.5 Å². The summed E-state index contributed by atoms with van der Waals surface area (Å²) in [6.45, 7) is 13.0. The molecule has 0 N–H and O–H groups in total. The second kappa shape index (κ2) is 6.97. The molecule has 0 amide bonds. The lowest BCUT2D eigenvalue weighted by Crippen LogP contribution is -2.47. The van der Waals surface area contributed by atoms with Crippen molar-refractivity contribution in [1.82, 2.24) is 4.90 Å². The van der Waals surface area contributed by atoms with Crippen LogP contribution in [0.15, 0.2) is 0 Å². The molecule has 0 bridgehead atoms. The fourth-order valence-corrected chi connectivity index (χ4v) is 1.62. The average Bonchev–Trinajstić information content (AvgIpc) is 2.14. The van der Waals surface area contributed by atoms with Crippen LogP contribution < -0.4 is 0 Å². The molecule has 0 saturated carbocycles. The Morgan fingerprint density at radius 3 is 2.12 bits per heavy atom. The van der Waals surface area contributed by atoms with Gasteiger partial charge < -0.3 is 9.47 Å². The molecule has 0 aromatic carbocycles. The monoisotopic (exact) mass is 245 g/mol. The van der Waals surface area contributed by atoms with Gasteiger partial charge in [-0.2, -0.15) is 0 Å². The van der Waals surface area contributed by atoms with Crippen molar-refractivity contribution >= 4 is 5.97 Å². The van der Waals surface area contributed by atoms with Crippen molar-refractivity contribution in [2.24, 2.45) is 0 Å². The lowest BCUT2D eigenvalue weighted by Gasteiger charge is -2.32. The molecule has 4 heteroatoms. The van der Waals surface area contributed by atoms with E-state index < -0.39 is 5.60 Å². The fraction of sp³-hybridized carbons (Fsp3) is 0.923. The Balaban J connectivity index is 4.49. The highest BCUT2D eigenvalue weighted by Gasteiger charge is 2.27. The zero-order valence-corrected chi connectivity index (χ0v) is 12.2. The molecule has 0 heterocycles. The number of ether oxygens (including phenoxy) is 2. The first-order chi connectivity index (χ1) is 7.69. The minimum Gasteiger partial charge on any atom is -0.459 e. The Kier molecular flexibility index (Phi) is 6.72. The summed E-state index contributed by atoms with van der Waals surface area (Å²) < 4.78 is 10.4. The summed E-state index contributed by atoms with van der Waals surface area (Å²) in [6.07, 6.45) is 0. The van der Waals surface area contributed by atoms with Crippen LogP contribution in [-0.2, 0) is 14.3 Å². The first kappa shape index (κ1) is 16.4. The normalized spacial score (nSPS) is 14.2. The zero-order chi connectivity index (χ0) is 13.6. The first-order valence-electron chi connectivity index (χ1n) is 6.16. The van der Waals surface area contributed by atoms with E-state index in [0.29, 0.717) is 6.61 Å². The Morgan fingerprint density at radius 1 is 1.24 bits per heavy atom. The smallest absolute Gasteiger partial charge is 0.323 e. The molecule has 0 aliphatic rings. The van der Waals surface area contributed by atoms with E-state index in [-0.39, 0.29) is 18.1 Å². The molecule has 0 rings (SSSR count). The summed E-state index contributed by atoms with van der Waals surface area (Å²) in [5, 5.41) is 0. The Labute approximate surface area is 105 Å². The zero-order valence-electron chi connectivity index (χ0n) is 12.2. The molecule has 0 radical (unpaired) electrons. The predicted molar refractivity (Wildman–Crippen MR) is 69.0 cm³/mol. The molecule has 0 aromatic heterocycles. The topological polar surface area (TPSA) is 38.8 Å². The van der Waals surface area contributed by atoms with Gasteiger partial charge in [-0.3, -0.25) is 9.69 Å². The number of nitrogens with zero attached hydrogens (tertiary/aromatic N) is 1. The van der Waals surface area contributed by atoms with Crippen LogP contribution in [0.4, 0.5) is 0 Å². The lowest BCUT2D eigenvalue weighted by molar-refractivity contribution is -0.161. The van der Waals surface area contributed by atoms with Gasteiger partial charge in [-0.05, 0) is 41.5 Å². The van der Waals surface area contributed by atoms with Crippen molar-refractivity contribution in [1.29, 1.82) is 0 Å². The lowest BCUT2D eigenvalue weighted by atomic mass is 10.1. The Morgan fingerprint density at radius 2 is 1.76 bits per heavy atom. The van der Waals surface area contributed by atoms with Crippen LogP contribution in [0.5, 0.6) is 0 Å². The van der Waals surface area contributed by atoms with Gasteiger partial charge in [0, 0.05) is 19.7 Å². The van der Waals surface area contributed by atoms with E-state index in [1.54, 1.807) is 7.11 Å². The van der Waals surface area contributed by atoms with Crippen LogP contribution >= 0.6 is 0 Å². The fourth-order valence-electron chi connectivity index (χ4n) is 1.62. The maximum absolute atomic E-state index is 12.0. The van der Waals surface area contributed by atoms with Crippen molar-refractivity contribution in [3.8, 4) is 0 Å². The standard InChI is InChI=1S/C13H27NO3/c1-10(2)14(8-9-16-7)11(3)12(15)17-13(4,5)6/h10-11H,8-9H2,1-7H3. The van der Waals surface area contributed by atoms with Gasteiger partial charge in [0.2, 0.25) is 0 Å². The number of methoxy groups -OCH3 is 1. The largest absolute Gasteiger partial charge is 0.459 e.